The molecule has 2 amide bonds. The van der Waals surface area contributed by atoms with Gasteiger partial charge in [0.15, 0.2) is 8.32 Å². The van der Waals surface area contributed by atoms with Crippen LogP contribution in [0.1, 0.15) is 118 Å². The highest BCUT2D eigenvalue weighted by Gasteiger charge is 2.63. The third kappa shape index (κ3) is 9.22. The lowest BCUT2D eigenvalue weighted by Crippen LogP contribution is -2.54. The van der Waals surface area contributed by atoms with E-state index in [1.165, 1.54) is 0 Å². The average Bonchev–Trinajstić information content (AvgIpc) is 3.72. The van der Waals surface area contributed by atoms with Crippen molar-refractivity contribution in [3.05, 3.63) is 35.5 Å². The van der Waals surface area contributed by atoms with Gasteiger partial charge in [0.2, 0.25) is 17.7 Å². The molecular weight excluding hydrogens is 757 g/mol. The first-order valence-electron chi connectivity index (χ1n) is 21.1. The van der Waals surface area contributed by atoms with Crippen LogP contribution in [-0.2, 0) is 46.1 Å². The SMILES string of the molecule is CCOC(=O)[C@@]12C[C@H]1/C=C\CCCCC[C@H](CC(=O)OC(C)(C)C)C(=O)N1C[C@@]3(CCc4c(c(CO[Si](C)(C)C(C)(C)C)nc5ccc(OC)nc45)O3)C[C@H]1C(=O)N2. The summed E-state index contributed by atoms with van der Waals surface area (Å²) in [5.74, 6) is -1.60. The van der Waals surface area contributed by atoms with Gasteiger partial charge in [-0.15, -0.1) is 0 Å². The van der Waals surface area contributed by atoms with Crippen molar-refractivity contribution in [1.29, 1.82) is 0 Å². The molecule has 5 heterocycles. The predicted octanol–water partition coefficient (Wildman–Crippen LogP) is 7.13. The molecule has 1 saturated heterocycles. The molecule has 2 fully saturated rings. The first-order valence-corrected chi connectivity index (χ1v) is 24.0. The van der Waals surface area contributed by atoms with Crippen molar-refractivity contribution in [3.63, 3.8) is 0 Å². The van der Waals surface area contributed by atoms with Crippen LogP contribution in [0, 0.1) is 11.8 Å². The van der Waals surface area contributed by atoms with Crippen LogP contribution in [0.15, 0.2) is 24.3 Å². The lowest BCUT2D eigenvalue weighted by Gasteiger charge is -2.38. The monoisotopic (exact) mass is 820 g/mol. The van der Waals surface area contributed by atoms with Gasteiger partial charge in [0.05, 0.1) is 44.3 Å². The number of aromatic nitrogens is 2. The van der Waals surface area contributed by atoms with Crippen LogP contribution < -0.4 is 14.8 Å². The maximum atomic E-state index is 14.9. The Morgan fingerprint density at radius 2 is 1.81 bits per heavy atom. The number of hydrogen-bond acceptors (Lipinski definition) is 11. The molecule has 0 radical (unpaired) electrons. The fourth-order valence-electron chi connectivity index (χ4n) is 8.28. The fourth-order valence-corrected chi connectivity index (χ4v) is 9.21. The van der Waals surface area contributed by atoms with Crippen LogP contribution in [0.3, 0.4) is 0 Å². The van der Waals surface area contributed by atoms with Gasteiger partial charge in [0, 0.05) is 29.9 Å². The van der Waals surface area contributed by atoms with Gasteiger partial charge in [0.1, 0.15) is 34.2 Å². The number of allylic oxidation sites excluding steroid dienone is 1. The second kappa shape index (κ2) is 16.5. The number of ether oxygens (including phenoxy) is 4. The van der Waals surface area contributed by atoms with E-state index in [4.69, 9.17) is 33.3 Å². The summed E-state index contributed by atoms with van der Waals surface area (Å²) < 4.78 is 30.6. The van der Waals surface area contributed by atoms with E-state index >= 15 is 0 Å². The van der Waals surface area contributed by atoms with Gasteiger partial charge in [-0.3, -0.25) is 14.4 Å². The van der Waals surface area contributed by atoms with E-state index in [1.54, 1.807) is 45.8 Å². The largest absolute Gasteiger partial charge is 0.483 e. The van der Waals surface area contributed by atoms with Crippen molar-refractivity contribution in [3.8, 4) is 11.6 Å². The quantitative estimate of drug-likeness (QED) is 0.164. The third-order valence-corrected chi connectivity index (χ3v) is 17.1. The maximum absolute atomic E-state index is 14.9. The summed E-state index contributed by atoms with van der Waals surface area (Å²) in [5, 5.41) is 3.04. The zero-order chi connectivity index (χ0) is 42.3. The van der Waals surface area contributed by atoms with Crippen LogP contribution in [0.5, 0.6) is 11.6 Å². The Balaban J connectivity index is 1.40. The lowest BCUT2D eigenvalue weighted by molar-refractivity contribution is -0.159. The van der Waals surface area contributed by atoms with E-state index in [2.05, 4.69) is 45.3 Å². The molecule has 1 spiro atoms. The molecule has 58 heavy (non-hydrogen) atoms. The number of pyridine rings is 2. The van der Waals surface area contributed by atoms with Gasteiger partial charge in [0.25, 0.3) is 0 Å². The summed E-state index contributed by atoms with van der Waals surface area (Å²) in [5.41, 5.74) is -0.0394. The molecule has 5 atom stereocenters. The van der Waals surface area contributed by atoms with Crippen molar-refractivity contribution in [2.24, 2.45) is 11.8 Å². The molecular formula is C44H64N4O9Si. The van der Waals surface area contributed by atoms with E-state index in [0.717, 1.165) is 31.2 Å². The van der Waals surface area contributed by atoms with Gasteiger partial charge in [-0.2, -0.15) is 0 Å². The number of aryl methyl sites for hydroxylation is 1. The van der Waals surface area contributed by atoms with Gasteiger partial charge >= 0.3 is 11.9 Å². The Morgan fingerprint density at radius 1 is 1.05 bits per heavy atom. The Morgan fingerprint density at radius 3 is 2.50 bits per heavy atom. The number of fused-ring (bicyclic) bond motifs is 5. The van der Waals surface area contributed by atoms with Gasteiger partial charge in [-0.1, -0.05) is 45.8 Å². The summed E-state index contributed by atoms with van der Waals surface area (Å²) in [4.78, 5) is 67.9. The normalized spacial score (nSPS) is 27.3. The molecule has 2 aromatic heterocycles. The van der Waals surface area contributed by atoms with E-state index in [1.807, 2.05) is 12.1 Å². The van der Waals surface area contributed by atoms with Crippen molar-refractivity contribution in [2.75, 3.05) is 20.3 Å². The first-order chi connectivity index (χ1) is 27.2. The van der Waals surface area contributed by atoms with Crippen molar-refractivity contribution >= 4 is 43.1 Å². The van der Waals surface area contributed by atoms with Crippen LogP contribution in [0.25, 0.3) is 11.0 Å². The Hall–Kier alpha value is -4.04. The van der Waals surface area contributed by atoms with E-state index in [0.29, 0.717) is 54.0 Å². The zero-order valence-corrected chi connectivity index (χ0v) is 37.2. The van der Waals surface area contributed by atoms with Crippen molar-refractivity contribution in [1.82, 2.24) is 20.2 Å². The molecule has 0 bridgehead atoms. The molecule has 0 aromatic carbocycles. The Labute approximate surface area is 344 Å². The predicted molar refractivity (Wildman–Crippen MR) is 222 cm³/mol. The summed E-state index contributed by atoms with van der Waals surface area (Å²) in [6.45, 7) is 18.6. The number of carbonyl (C=O) groups excluding carboxylic acids is 4. The molecule has 6 rings (SSSR count). The average molecular weight is 821 g/mol. The fraction of sp³-hybridized carbons (Fsp3) is 0.682. The summed E-state index contributed by atoms with van der Waals surface area (Å²) in [6.07, 6.45) is 9.35. The minimum absolute atomic E-state index is 0.0421. The highest BCUT2D eigenvalue weighted by atomic mass is 28.4. The molecule has 0 unspecified atom stereocenters. The minimum atomic E-state index is -2.22. The number of esters is 2. The van der Waals surface area contributed by atoms with Crippen LogP contribution >= 0.6 is 0 Å². The molecule has 13 nitrogen and oxygen atoms in total. The number of hydrogen-bond donors (Lipinski definition) is 1. The first kappa shape index (κ1) is 43.5. The highest BCUT2D eigenvalue weighted by molar-refractivity contribution is 6.74. The van der Waals surface area contributed by atoms with Gasteiger partial charge in [-0.25, -0.2) is 14.8 Å². The zero-order valence-electron chi connectivity index (χ0n) is 36.2. The van der Waals surface area contributed by atoms with E-state index in [-0.39, 0.29) is 49.5 Å². The number of methoxy groups -OCH3 is 1. The standard InChI is InChI=1S/C44H64N4O9Si/c1-11-54-40(52)44-24-29(44)18-16-14-12-13-15-17-28(23-35(49)56-41(2,3)4)39(51)48-27-43(25-33(48)38(50)47-44)22-21-30-36-31(19-20-34(46-36)53-8)45-32(37(30)57-43)26-55-58(9,10)42(5,6)7/h16,18-20,28-29,33H,11-15,17,21-27H2,1-10H3,(H,47,50)/b18-16-/t28-,29-,33+,43-,44-/m1/s1. The molecule has 1 N–H and O–H groups in total. The molecule has 2 aromatic rings. The smallest absolute Gasteiger partial charge is 0.332 e. The number of carbonyl (C=O) groups is 4. The third-order valence-electron chi connectivity index (χ3n) is 12.6. The molecule has 1 aliphatic carbocycles. The molecule has 14 heteroatoms. The van der Waals surface area contributed by atoms with Crippen molar-refractivity contribution in [2.45, 2.75) is 160 Å². The number of nitrogens with zero attached hydrogens (tertiary/aromatic N) is 3. The van der Waals surface area contributed by atoms with Crippen molar-refractivity contribution < 1.29 is 42.6 Å². The van der Waals surface area contributed by atoms with Gasteiger partial charge in [-0.05, 0) is 90.4 Å². The highest BCUT2D eigenvalue weighted by Crippen LogP contribution is 2.49. The summed E-state index contributed by atoms with van der Waals surface area (Å²) in [7, 11) is -0.643. The molecule has 318 valence electrons. The summed E-state index contributed by atoms with van der Waals surface area (Å²) in [6, 6.07) is 2.70. The Bertz CT molecular complexity index is 1940. The second-order valence-electron chi connectivity index (χ2n) is 19.2. The minimum Gasteiger partial charge on any atom is -0.483 e. The maximum Gasteiger partial charge on any atom is 0.332 e. The van der Waals surface area contributed by atoms with Crippen LogP contribution in [-0.4, -0.2) is 90.0 Å². The molecule has 4 aliphatic rings. The number of nitrogens with one attached hydrogen (secondary N) is 1. The van der Waals surface area contributed by atoms with Gasteiger partial charge < -0.3 is 33.6 Å². The topological polar surface area (TPSA) is 155 Å². The molecule has 1 saturated carbocycles. The second-order valence-corrected chi connectivity index (χ2v) is 24.0. The molecule has 3 aliphatic heterocycles. The Kier molecular flexibility index (Phi) is 12.4. The van der Waals surface area contributed by atoms with Crippen LogP contribution in [0.4, 0.5) is 0 Å². The number of rotatable bonds is 8. The van der Waals surface area contributed by atoms with E-state index < -0.39 is 54.9 Å². The van der Waals surface area contributed by atoms with E-state index in [9.17, 15) is 19.2 Å². The lowest BCUT2D eigenvalue weighted by atomic mass is 9.88. The summed E-state index contributed by atoms with van der Waals surface area (Å²) >= 11 is 0. The van der Waals surface area contributed by atoms with Crippen LogP contribution in [0.2, 0.25) is 18.1 Å². The number of amides is 2.